The van der Waals surface area contributed by atoms with Gasteiger partial charge in [-0.05, 0) is 31.4 Å². The monoisotopic (exact) mass is 255 g/mol. The second-order valence-electron chi connectivity index (χ2n) is 4.24. The number of nitrogens with two attached hydrogens (primary N) is 1. The van der Waals surface area contributed by atoms with Crippen LogP contribution in [0.3, 0.4) is 0 Å². The first kappa shape index (κ1) is 12.3. The molecule has 94 valence electrons. The van der Waals surface area contributed by atoms with Gasteiger partial charge in [-0.2, -0.15) is 4.31 Å². The minimum atomic E-state index is -3.40. The molecular weight excluding hydrogens is 238 g/mol. The maximum absolute atomic E-state index is 12.4. The molecule has 0 aromatic carbocycles. The van der Waals surface area contributed by atoms with Gasteiger partial charge in [-0.15, -0.1) is 0 Å². The Morgan fingerprint density at radius 1 is 1.53 bits per heavy atom. The van der Waals surface area contributed by atoms with Gasteiger partial charge in [0, 0.05) is 18.8 Å². The predicted octanol–water partition coefficient (Wildman–Crippen LogP) is 1.23. The van der Waals surface area contributed by atoms with Crippen molar-refractivity contribution in [3.63, 3.8) is 0 Å². The van der Waals surface area contributed by atoms with E-state index in [0.29, 0.717) is 12.4 Å². The highest BCUT2D eigenvalue weighted by Gasteiger charge is 2.34. The third-order valence-corrected chi connectivity index (χ3v) is 5.10. The van der Waals surface area contributed by atoms with E-state index in [9.17, 15) is 8.42 Å². The average molecular weight is 255 g/mol. The summed E-state index contributed by atoms with van der Waals surface area (Å²) in [6.45, 7) is 2.62. The molecule has 2 heterocycles. The van der Waals surface area contributed by atoms with Crippen LogP contribution in [0, 0.1) is 0 Å². The molecule has 0 aliphatic carbocycles. The number of nitrogen functional groups attached to an aromatic ring is 1. The largest absolute Gasteiger partial charge is 0.384 e. The van der Waals surface area contributed by atoms with Gasteiger partial charge in [-0.1, -0.05) is 6.92 Å². The summed E-state index contributed by atoms with van der Waals surface area (Å²) in [5, 5.41) is 0. The molecule has 2 N–H and O–H groups in total. The zero-order valence-corrected chi connectivity index (χ0v) is 10.7. The molecule has 1 unspecified atom stereocenters. The Labute approximate surface area is 102 Å². The van der Waals surface area contributed by atoms with Crippen molar-refractivity contribution in [1.82, 2.24) is 9.29 Å². The second-order valence-corrected chi connectivity index (χ2v) is 6.13. The van der Waals surface area contributed by atoms with Crippen molar-refractivity contribution in [2.24, 2.45) is 0 Å². The first-order chi connectivity index (χ1) is 8.05. The Balaban J connectivity index is 2.33. The lowest BCUT2D eigenvalue weighted by molar-refractivity contribution is 0.379. The van der Waals surface area contributed by atoms with E-state index in [-0.39, 0.29) is 10.9 Å². The Morgan fingerprint density at radius 3 is 2.88 bits per heavy atom. The fourth-order valence-corrected chi connectivity index (χ4v) is 3.93. The van der Waals surface area contributed by atoms with E-state index in [2.05, 4.69) is 4.98 Å². The molecule has 0 bridgehead atoms. The van der Waals surface area contributed by atoms with Gasteiger partial charge in [0.1, 0.15) is 10.7 Å². The summed E-state index contributed by atoms with van der Waals surface area (Å²) in [6.07, 6.45) is 4.05. The van der Waals surface area contributed by atoms with Crippen molar-refractivity contribution in [1.29, 1.82) is 0 Å². The molecule has 0 radical (unpaired) electrons. The van der Waals surface area contributed by atoms with Crippen LogP contribution in [0.1, 0.15) is 26.2 Å². The first-order valence-corrected chi connectivity index (χ1v) is 7.23. The third kappa shape index (κ3) is 2.28. The average Bonchev–Trinajstić information content (AvgIpc) is 2.78. The lowest BCUT2D eigenvalue weighted by Gasteiger charge is -2.22. The van der Waals surface area contributed by atoms with Crippen molar-refractivity contribution in [2.75, 3.05) is 12.3 Å². The van der Waals surface area contributed by atoms with Crippen LogP contribution >= 0.6 is 0 Å². The number of anilines is 1. The van der Waals surface area contributed by atoms with Gasteiger partial charge in [0.2, 0.25) is 10.0 Å². The summed E-state index contributed by atoms with van der Waals surface area (Å²) < 4.78 is 26.3. The third-order valence-electron chi connectivity index (χ3n) is 3.16. The number of rotatable bonds is 3. The number of hydrogen-bond acceptors (Lipinski definition) is 4. The smallest absolute Gasteiger partial charge is 0.244 e. The highest BCUT2D eigenvalue weighted by Crippen LogP contribution is 2.27. The Hall–Kier alpha value is -1.14. The summed E-state index contributed by atoms with van der Waals surface area (Å²) >= 11 is 0. The van der Waals surface area contributed by atoms with E-state index < -0.39 is 10.0 Å². The summed E-state index contributed by atoms with van der Waals surface area (Å²) in [5.74, 6) is 0.331. The fourth-order valence-electron chi connectivity index (χ4n) is 2.21. The van der Waals surface area contributed by atoms with E-state index in [1.165, 1.54) is 18.3 Å². The molecule has 17 heavy (non-hydrogen) atoms. The SMILES string of the molecule is CCC1CCCN1S(=O)(=O)c1ccc(N)nc1. The van der Waals surface area contributed by atoms with Crippen LogP contribution in [0.15, 0.2) is 23.2 Å². The molecule has 1 fully saturated rings. The van der Waals surface area contributed by atoms with Crippen molar-refractivity contribution in [3.05, 3.63) is 18.3 Å². The van der Waals surface area contributed by atoms with E-state index >= 15 is 0 Å². The van der Waals surface area contributed by atoms with Crippen LogP contribution in [0.25, 0.3) is 0 Å². The fraction of sp³-hybridized carbons (Fsp3) is 0.545. The zero-order valence-electron chi connectivity index (χ0n) is 9.83. The maximum atomic E-state index is 12.4. The quantitative estimate of drug-likeness (QED) is 0.881. The van der Waals surface area contributed by atoms with Crippen molar-refractivity contribution in [2.45, 2.75) is 37.1 Å². The van der Waals surface area contributed by atoms with Crippen molar-refractivity contribution >= 4 is 15.8 Å². The van der Waals surface area contributed by atoms with Gasteiger partial charge in [0.15, 0.2) is 0 Å². The number of aromatic nitrogens is 1. The van der Waals surface area contributed by atoms with Crippen LogP contribution < -0.4 is 5.73 Å². The molecule has 0 spiro atoms. The van der Waals surface area contributed by atoms with Gasteiger partial charge in [0.25, 0.3) is 0 Å². The van der Waals surface area contributed by atoms with Crippen molar-refractivity contribution in [3.8, 4) is 0 Å². The molecule has 1 aromatic rings. The Bertz CT molecular complexity index is 484. The van der Waals surface area contributed by atoms with E-state index in [0.717, 1.165) is 19.3 Å². The lowest BCUT2D eigenvalue weighted by atomic mass is 10.2. The van der Waals surface area contributed by atoms with Gasteiger partial charge in [-0.3, -0.25) is 0 Å². The summed E-state index contributed by atoms with van der Waals surface area (Å²) in [4.78, 5) is 4.07. The van der Waals surface area contributed by atoms with Crippen LogP contribution in [-0.2, 0) is 10.0 Å². The molecule has 6 heteroatoms. The molecule has 1 aromatic heterocycles. The number of hydrogen-bond donors (Lipinski definition) is 1. The second kappa shape index (κ2) is 4.62. The lowest BCUT2D eigenvalue weighted by Crippen LogP contribution is -2.35. The summed E-state index contributed by atoms with van der Waals surface area (Å²) in [7, 11) is -3.40. The molecule has 0 saturated carbocycles. The highest BCUT2D eigenvalue weighted by molar-refractivity contribution is 7.89. The van der Waals surface area contributed by atoms with Crippen LogP contribution in [0.5, 0.6) is 0 Å². The zero-order chi connectivity index (χ0) is 12.5. The maximum Gasteiger partial charge on any atom is 0.244 e. The number of pyridine rings is 1. The molecule has 1 saturated heterocycles. The van der Waals surface area contributed by atoms with Gasteiger partial charge < -0.3 is 5.73 Å². The topological polar surface area (TPSA) is 76.3 Å². The van der Waals surface area contributed by atoms with E-state index in [4.69, 9.17) is 5.73 Å². The Kier molecular flexibility index (Phi) is 3.35. The Morgan fingerprint density at radius 2 is 2.29 bits per heavy atom. The van der Waals surface area contributed by atoms with Crippen LogP contribution in [0.4, 0.5) is 5.82 Å². The molecular formula is C11H17N3O2S. The predicted molar refractivity (Wildman–Crippen MR) is 65.9 cm³/mol. The minimum Gasteiger partial charge on any atom is -0.384 e. The standard InChI is InChI=1S/C11H17N3O2S/c1-2-9-4-3-7-14(9)17(15,16)10-5-6-11(12)13-8-10/h5-6,8-9H,2-4,7H2,1H3,(H2,12,13). The molecule has 5 nitrogen and oxygen atoms in total. The van der Waals surface area contributed by atoms with Gasteiger partial charge >= 0.3 is 0 Å². The normalized spacial score (nSPS) is 21.8. The molecule has 1 atom stereocenters. The van der Waals surface area contributed by atoms with Gasteiger partial charge in [0.05, 0.1) is 0 Å². The van der Waals surface area contributed by atoms with Gasteiger partial charge in [-0.25, -0.2) is 13.4 Å². The summed E-state index contributed by atoms with van der Waals surface area (Å²) in [5.41, 5.74) is 5.46. The van der Waals surface area contributed by atoms with Crippen LogP contribution in [-0.4, -0.2) is 30.3 Å². The highest BCUT2D eigenvalue weighted by atomic mass is 32.2. The molecule has 1 aliphatic rings. The minimum absolute atomic E-state index is 0.123. The molecule has 2 rings (SSSR count). The van der Waals surface area contributed by atoms with Crippen molar-refractivity contribution < 1.29 is 8.42 Å². The van der Waals surface area contributed by atoms with E-state index in [1.807, 2.05) is 6.92 Å². The molecule has 1 aliphatic heterocycles. The van der Waals surface area contributed by atoms with E-state index in [1.54, 1.807) is 4.31 Å². The number of sulfonamides is 1. The first-order valence-electron chi connectivity index (χ1n) is 5.79. The number of nitrogens with zero attached hydrogens (tertiary/aromatic N) is 2. The summed E-state index contributed by atoms with van der Waals surface area (Å²) in [6, 6.07) is 3.16. The van der Waals surface area contributed by atoms with Crippen LogP contribution in [0.2, 0.25) is 0 Å². The molecule has 0 amide bonds.